The Morgan fingerprint density at radius 2 is 2.14 bits per heavy atom. The van der Waals surface area contributed by atoms with Crippen LogP contribution in [0.15, 0.2) is 12.1 Å². The van der Waals surface area contributed by atoms with Crippen LogP contribution in [0.4, 0.5) is 0 Å². The maximum Gasteiger partial charge on any atom is 0.168 e. The molecule has 0 aliphatic heterocycles. The number of benzene rings is 1. The molecule has 0 fully saturated rings. The summed E-state index contributed by atoms with van der Waals surface area (Å²) in [5, 5.41) is 9.60. The maximum absolute atomic E-state index is 10.6. The summed E-state index contributed by atoms with van der Waals surface area (Å²) < 4.78 is 6.21. The van der Waals surface area contributed by atoms with Gasteiger partial charge >= 0.3 is 0 Å². The number of phenols is 1. The summed E-state index contributed by atoms with van der Waals surface area (Å²) >= 11 is 2.07. The molecule has 0 heterocycles. The highest BCUT2D eigenvalue weighted by Crippen LogP contribution is 2.31. The number of phenolic OH excluding ortho intramolecular Hbond substituents is 1. The van der Waals surface area contributed by atoms with E-state index in [1.165, 1.54) is 0 Å². The number of aromatic hydroxyl groups is 1. The summed E-state index contributed by atoms with van der Waals surface area (Å²) in [5.41, 5.74) is 0.257. The van der Waals surface area contributed by atoms with Crippen LogP contribution in [0.1, 0.15) is 24.2 Å². The predicted molar refractivity (Wildman–Crippen MR) is 62.0 cm³/mol. The van der Waals surface area contributed by atoms with Gasteiger partial charge in [0.15, 0.2) is 17.8 Å². The van der Waals surface area contributed by atoms with Crippen molar-refractivity contribution in [2.24, 2.45) is 0 Å². The van der Waals surface area contributed by atoms with Gasteiger partial charge < -0.3 is 9.84 Å². The number of aldehydes is 1. The second-order valence-electron chi connectivity index (χ2n) is 3.13. The normalized spacial score (nSPS) is 10.3. The Morgan fingerprint density at radius 1 is 1.50 bits per heavy atom. The van der Waals surface area contributed by atoms with Crippen molar-refractivity contribution >= 4 is 28.9 Å². The molecule has 0 bridgehead atoms. The van der Waals surface area contributed by atoms with Crippen molar-refractivity contribution in [3.05, 3.63) is 21.3 Å². The SMILES string of the molecule is CC(C)Oc1cc(I)cc(C=O)c1O. The molecule has 3 nitrogen and oxygen atoms in total. The van der Waals surface area contributed by atoms with Gasteiger partial charge in [-0.2, -0.15) is 0 Å². The van der Waals surface area contributed by atoms with E-state index in [0.29, 0.717) is 12.0 Å². The summed E-state index contributed by atoms with van der Waals surface area (Å²) in [7, 11) is 0. The van der Waals surface area contributed by atoms with Gasteiger partial charge in [-0.3, -0.25) is 4.79 Å². The van der Waals surface area contributed by atoms with Crippen molar-refractivity contribution in [3.8, 4) is 11.5 Å². The van der Waals surface area contributed by atoms with Crippen LogP contribution in [0.2, 0.25) is 0 Å². The molecule has 0 unspecified atom stereocenters. The average molecular weight is 306 g/mol. The third-order valence-electron chi connectivity index (χ3n) is 1.56. The fraction of sp³-hybridized carbons (Fsp3) is 0.300. The number of carbonyl (C=O) groups excluding carboxylic acids is 1. The van der Waals surface area contributed by atoms with Gasteiger partial charge in [-0.1, -0.05) is 0 Å². The van der Waals surface area contributed by atoms with Gasteiger partial charge in [-0.05, 0) is 48.6 Å². The summed E-state index contributed by atoms with van der Waals surface area (Å²) in [4.78, 5) is 10.6. The van der Waals surface area contributed by atoms with Crippen molar-refractivity contribution in [2.75, 3.05) is 0 Å². The van der Waals surface area contributed by atoms with E-state index in [1.807, 2.05) is 13.8 Å². The molecule has 0 saturated heterocycles. The van der Waals surface area contributed by atoms with Gasteiger partial charge in [-0.15, -0.1) is 0 Å². The van der Waals surface area contributed by atoms with E-state index >= 15 is 0 Å². The molecule has 76 valence electrons. The minimum Gasteiger partial charge on any atom is -0.504 e. The fourth-order valence-corrected chi connectivity index (χ4v) is 1.65. The van der Waals surface area contributed by atoms with Crippen molar-refractivity contribution in [1.29, 1.82) is 0 Å². The van der Waals surface area contributed by atoms with Crippen LogP contribution in [0.5, 0.6) is 11.5 Å². The molecule has 0 spiro atoms. The molecule has 0 radical (unpaired) electrons. The predicted octanol–water partition coefficient (Wildman–Crippen LogP) is 2.60. The Bertz CT molecular complexity index is 347. The number of hydrogen-bond acceptors (Lipinski definition) is 3. The monoisotopic (exact) mass is 306 g/mol. The molecular formula is C10H11IO3. The van der Waals surface area contributed by atoms with Crippen molar-refractivity contribution in [3.63, 3.8) is 0 Å². The fourth-order valence-electron chi connectivity index (χ4n) is 1.03. The first-order valence-electron chi connectivity index (χ1n) is 4.19. The van der Waals surface area contributed by atoms with E-state index in [4.69, 9.17) is 4.74 Å². The largest absolute Gasteiger partial charge is 0.504 e. The summed E-state index contributed by atoms with van der Waals surface area (Å²) in [6.45, 7) is 3.72. The molecule has 14 heavy (non-hydrogen) atoms. The molecule has 0 aliphatic carbocycles. The van der Waals surface area contributed by atoms with Crippen molar-refractivity contribution in [1.82, 2.24) is 0 Å². The molecule has 1 aromatic rings. The van der Waals surface area contributed by atoms with E-state index in [2.05, 4.69) is 22.6 Å². The van der Waals surface area contributed by atoms with E-state index in [0.717, 1.165) is 3.57 Å². The van der Waals surface area contributed by atoms with Crippen molar-refractivity contribution in [2.45, 2.75) is 20.0 Å². The van der Waals surface area contributed by atoms with Crippen LogP contribution < -0.4 is 4.74 Å². The zero-order valence-corrected chi connectivity index (χ0v) is 10.1. The Morgan fingerprint density at radius 3 is 2.64 bits per heavy atom. The molecule has 0 atom stereocenters. The van der Waals surface area contributed by atoms with Crippen LogP contribution in [-0.4, -0.2) is 17.5 Å². The molecule has 1 rings (SSSR count). The van der Waals surface area contributed by atoms with Gasteiger partial charge in [0.25, 0.3) is 0 Å². The number of ether oxygens (including phenoxy) is 1. The average Bonchev–Trinajstić information content (AvgIpc) is 2.09. The molecular weight excluding hydrogens is 295 g/mol. The van der Waals surface area contributed by atoms with E-state index < -0.39 is 0 Å². The molecule has 0 amide bonds. The summed E-state index contributed by atoms with van der Waals surface area (Å²) in [6, 6.07) is 3.30. The van der Waals surface area contributed by atoms with Crippen LogP contribution >= 0.6 is 22.6 Å². The molecule has 0 saturated carbocycles. The molecule has 4 heteroatoms. The third-order valence-corrected chi connectivity index (χ3v) is 2.18. The van der Waals surface area contributed by atoms with Crippen LogP contribution in [-0.2, 0) is 0 Å². The first-order chi connectivity index (χ1) is 6.54. The lowest BCUT2D eigenvalue weighted by Gasteiger charge is -2.12. The first kappa shape index (κ1) is 11.3. The number of carbonyl (C=O) groups is 1. The molecule has 0 aromatic heterocycles. The number of hydrogen-bond donors (Lipinski definition) is 1. The quantitative estimate of drug-likeness (QED) is 0.690. The van der Waals surface area contributed by atoms with Crippen LogP contribution in [0.25, 0.3) is 0 Å². The second-order valence-corrected chi connectivity index (χ2v) is 4.37. The second kappa shape index (κ2) is 4.63. The lowest BCUT2D eigenvalue weighted by atomic mass is 10.2. The van der Waals surface area contributed by atoms with E-state index in [-0.39, 0.29) is 17.4 Å². The highest BCUT2D eigenvalue weighted by Gasteiger charge is 2.10. The van der Waals surface area contributed by atoms with E-state index in [1.54, 1.807) is 12.1 Å². The van der Waals surface area contributed by atoms with Gasteiger partial charge in [0.1, 0.15) is 0 Å². The zero-order chi connectivity index (χ0) is 10.7. The standard InChI is InChI=1S/C10H11IO3/c1-6(2)14-9-4-8(11)3-7(5-12)10(9)13/h3-6,13H,1-2H3. The van der Waals surface area contributed by atoms with Gasteiger partial charge in [0, 0.05) is 3.57 Å². The van der Waals surface area contributed by atoms with Gasteiger partial charge in [-0.25, -0.2) is 0 Å². The topological polar surface area (TPSA) is 46.5 Å². The van der Waals surface area contributed by atoms with Gasteiger partial charge in [0.2, 0.25) is 0 Å². The Hall–Kier alpha value is -0.780. The Labute approximate surface area is 96.2 Å². The lowest BCUT2D eigenvalue weighted by molar-refractivity contribution is 0.111. The Balaban J connectivity index is 3.15. The molecule has 1 aromatic carbocycles. The van der Waals surface area contributed by atoms with Crippen LogP contribution in [0.3, 0.4) is 0 Å². The highest BCUT2D eigenvalue weighted by molar-refractivity contribution is 14.1. The summed E-state index contributed by atoms with van der Waals surface area (Å²) in [6.07, 6.45) is 0.587. The highest BCUT2D eigenvalue weighted by atomic mass is 127. The number of halogens is 1. The van der Waals surface area contributed by atoms with Crippen molar-refractivity contribution < 1.29 is 14.6 Å². The third kappa shape index (κ3) is 2.60. The Kier molecular flexibility index (Phi) is 3.74. The summed E-state index contributed by atoms with van der Waals surface area (Å²) in [5.74, 6) is 0.267. The zero-order valence-electron chi connectivity index (χ0n) is 7.95. The van der Waals surface area contributed by atoms with Crippen LogP contribution in [0, 0.1) is 3.57 Å². The smallest absolute Gasteiger partial charge is 0.168 e. The molecule has 0 aliphatic rings. The number of rotatable bonds is 3. The van der Waals surface area contributed by atoms with Gasteiger partial charge in [0.05, 0.1) is 11.7 Å². The maximum atomic E-state index is 10.6. The lowest BCUT2D eigenvalue weighted by Crippen LogP contribution is -2.06. The first-order valence-corrected chi connectivity index (χ1v) is 5.26. The minimum absolute atomic E-state index is 0.0291. The van der Waals surface area contributed by atoms with E-state index in [9.17, 15) is 9.90 Å². The minimum atomic E-state index is -0.0888. The molecule has 1 N–H and O–H groups in total.